The SMILES string of the molecule is CCOC(=O)C1=C(C)N=c2s/c(=C\c3ccc(OCc4ccc(Cl)cc4Cl)cc3)c(=O)n2[C@H]1c1ccc(Br)cc1. The Kier molecular flexibility index (Phi) is 8.61. The molecule has 4 aromatic rings. The van der Waals surface area contributed by atoms with Gasteiger partial charge in [-0.05, 0) is 67.4 Å². The van der Waals surface area contributed by atoms with E-state index >= 15 is 0 Å². The molecule has 1 aliphatic heterocycles. The van der Waals surface area contributed by atoms with Crippen LogP contribution in [0.4, 0.5) is 0 Å². The van der Waals surface area contributed by atoms with Crippen molar-refractivity contribution in [3.8, 4) is 5.75 Å². The molecule has 40 heavy (non-hydrogen) atoms. The molecule has 5 rings (SSSR count). The van der Waals surface area contributed by atoms with Gasteiger partial charge < -0.3 is 9.47 Å². The molecular formula is C30H23BrCl2N2O4S. The predicted molar refractivity (Wildman–Crippen MR) is 162 cm³/mol. The number of esters is 1. The minimum absolute atomic E-state index is 0.222. The largest absolute Gasteiger partial charge is 0.489 e. The maximum Gasteiger partial charge on any atom is 0.338 e. The van der Waals surface area contributed by atoms with Gasteiger partial charge in [0.1, 0.15) is 12.4 Å². The van der Waals surface area contributed by atoms with E-state index in [1.807, 2.05) is 60.7 Å². The maximum atomic E-state index is 13.7. The summed E-state index contributed by atoms with van der Waals surface area (Å²) < 4.78 is 14.2. The van der Waals surface area contributed by atoms with Crippen molar-refractivity contribution in [1.29, 1.82) is 0 Å². The second-order valence-corrected chi connectivity index (χ2v) is 11.7. The standard InChI is InChI=1S/C30H23BrCl2N2O4S/c1-3-38-29(37)26-17(2)34-30-35(27(26)19-6-9-21(31)10-7-19)28(36)25(40-30)14-18-4-12-23(13-5-18)39-16-20-8-11-22(32)15-24(20)33/h4-15,27H,3,16H2,1-2H3/b25-14-/t27-/m0/s1. The maximum absolute atomic E-state index is 13.7. The van der Waals surface area contributed by atoms with E-state index in [4.69, 9.17) is 32.7 Å². The number of carbonyl (C=O) groups excluding carboxylic acids is 1. The van der Waals surface area contributed by atoms with Gasteiger partial charge in [-0.15, -0.1) is 0 Å². The molecule has 2 heterocycles. The van der Waals surface area contributed by atoms with Gasteiger partial charge in [0.2, 0.25) is 0 Å². The fourth-order valence-corrected chi connectivity index (χ4v) is 6.14. The van der Waals surface area contributed by atoms with E-state index in [0.29, 0.717) is 43.0 Å². The van der Waals surface area contributed by atoms with Crippen molar-refractivity contribution in [2.75, 3.05) is 6.61 Å². The van der Waals surface area contributed by atoms with Gasteiger partial charge in [0, 0.05) is 20.1 Å². The summed E-state index contributed by atoms with van der Waals surface area (Å²) in [6, 6.07) is 19.6. The van der Waals surface area contributed by atoms with E-state index in [0.717, 1.165) is 21.2 Å². The van der Waals surface area contributed by atoms with Gasteiger partial charge in [0.15, 0.2) is 4.80 Å². The number of aromatic nitrogens is 1. The van der Waals surface area contributed by atoms with E-state index in [-0.39, 0.29) is 12.2 Å². The molecule has 6 nitrogen and oxygen atoms in total. The first kappa shape index (κ1) is 28.4. The van der Waals surface area contributed by atoms with Crippen LogP contribution in [0, 0.1) is 0 Å². The normalized spacial score (nSPS) is 15.0. The lowest BCUT2D eigenvalue weighted by molar-refractivity contribution is -0.139. The van der Waals surface area contributed by atoms with Gasteiger partial charge in [-0.2, -0.15) is 0 Å². The highest BCUT2D eigenvalue weighted by Gasteiger charge is 2.33. The van der Waals surface area contributed by atoms with E-state index in [1.54, 1.807) is 30.5 Å². The molecule has 1 aliphatic rings. The fraction of sp³-hybridized carbons (Fsp3) is 0.167. The number of halogens is 3. The first-order chi connectivity index (χ1) is 19.2. The first-order valence-electron chi connectivity index (χ1n) is 12.4. The summed E-state index contributed by atoms with van der Waals surface area (Å²) in [5.41, 5.74) is 3.09. The van der Waals surface area contributed by atoms with Crippen molar-refractivity contribution in [1.82, 2.24) is 4.57 Å². The van der Waals surface area contributed by atoms with Gasteiger partial charge >= 0.3 is 5.97 Å². The van der Waals surface area contributed by atoms with Gasteiger partial charge in [-0.25, -0.2) is 9.79 Å². The number of fused-ring (bicyclic) bond motifs is 1. The lowest BCUT2D eigenvalue weighted by Crippen LogP contribution is -2.39. The van der Waals surface area contributed by atoms with E-state index in [2.05, 4.69) is 20.9 Å². The molecular weight excluding hydrogens is 635 g/mol. The number of thiazole rings is 1. The number of hydrogen-bond donors (Lipinski definition) is 0. The summed E-state index contributed by atoms with van der Waals surface area (Å²) in [4.78, 5) is 31.9. The quantitative estimate of drug-likeness (QED) is 0.214. The molecule has 0 saturated carbocycles. The van der Waals surface area contributed by atoms with Crippen LogP contribution in [-0.4, -0.2) is 17.1 Å². The second kappa shape index (κ2) is 12.1. The molecule has 10 heteroatoms. The Bertz CT molecular complexity index is 1800. The van der Waals surface area contributed by atoms with Crippen molar-refractivity contribution >= 4 is 62.5 Å². The summed E-state index contributed by atoms with van der Waals surface area (Å²) in [5, 5.41) is 1.11. The van der Waals surface area contributed by atoms with Crippen molar-refractivity contribution in [2.45, 2.75) is 26.5 Å². The van der Waals surface area contributed by atoms with E-state index in [9.17, 15) is 9.59 Å². The molecule has 0 unspecified atom stereocenters. The number of carbonyl (C=O) groups is 1. The lowest BCUT2D eigenvalue weighted by Gasteiger charge is -2.24. The van der Waals surface area contributed by atoms with Crippen LogP contribution in [0.1, 0.15) is 36.6 Å². The van der Waals surface area contributed by atoms with Crippen LogP contribution in [0.15, 0.2) is 92.3 Å². The van der Waals surface area contributed by atoms with Gasteiger partial charge in [-0.1, -0.05) is 80.8 Å². The zero-order valence-corrected chi connectivity index (χ0v) is 25.4. The number of rotatable bonds is 7. The van der Waals surface area contributed by atoms with Crippen LogP contribution in [0.3, 0.4) is 0 Å². The monoisotopic (exact) mass is 656 g/mol. The summed E-state index contributed by atoms with van der Waals surface area (Å²) in [7, 11) is 0. The zero-order valence-electron chi connectivity index (χ0n) is 21.5. The molecule has 1 aromatic heterocycles. The molecule has 0 spiro atoms. The first-order valence-corrected chi connectivity index (χ1v) is 14.7. The van der Waals surface area contributed by atoms with Crippen molar-refractivity contribution in [3.63, 3.8) is 0 Å². The molecule has 3 aromatic carbocycles. The number of benzene rings is 3. The van der Waals surface area contributed by atoms with E-state index < -0.39 is 12.0 Å². The smallest absolute Gasteiger partial charge is 0.338 e. The minimum atomic E-state index is -0.652. The van der Waals surface area contributed by atoms with Gasteiger partial charge in [0.05, 0.1) is 28.5 Å². The Morgan fingerprint density at radius 2 is 1.82 bits per heavy atom. The summed E-state index contributed by atoms with van der Waals surface area (Å²) in [5.74, 6) is 0.177. The van der Waals surface area contributed by atoms with Crippen LogP contribution in [-0.2, 0) is 16.1 Å². The molecule has 0 N–H and O–H groups in total. The predicted octanol–water partition coefficient (Wildman–Crippen LogP) is 6.45. The van der Waals surface area contributed by atoms with Crippen LogP contribution in [0.2, 0.25) is 10.0 Å². The molecule has 0 bridgehead atoms. The molecule has 204 valence electrons. The number of allylic oxidation sites excluding steroid dienone is 1. The van der Waals surface area contributed by atoms with Crippen LogP contribution < -0.4 is 19.6 Å². The molecule has 0 aliphatic carbocycles. The molecule has 1 atom stereocenters. The fourth-order valence-electron chi connectivity index (χ4n) is 4.36. The Labute approximate surface area is 252 Å². The average molecular weight is 658 g/mol. The highest BCUT2D eigenvalue weighted by atomic mass is 79.9. The highest BCUT2D eigenvalue weighted by Crippen LogP contribution is 2.31. The van der Waals surface area contributed by atoms with Gasteiger partial charge in [0.25, 0.3) is 5.56 Å². The third-order valence-corrected chi connectivity index (χ3v) is 8.39. The van der Waals surface area contributed by atoms with Gasteiger partial charge in [-0.3, -0.25) is 9.36 Å². The Balaban J connectivity index is 1.48. The van der Waals surface area contributed by atoms with Crippen molar-refractivity contribution in [3.05, 3.63) is 129 Å². The molecule has 0 fully saturated rings. The average Bonchev–Trinajstić information content (AvgIpc) is 3.23. The molecule has 0 saturated heterocycles. The second-order valence-electron chi connectivity index (χ2n) is 8.95. The summed E-state index contributed by atoms with van der Waals surface area (Å²) in [6.07, 6.45) is 1.81. The van der Waals surface area contributed by atoms with Crippen molar-refractivity contribution in [2.24, 2.45) is 4.99 Å². The zero-order chi connectivity index (χ0) is 28.4. The van der Waals surface area contributed by atoms with E-state index in [1.165, 1.54) is 11.3 Å². The number of ether oxygens (including phenoxy) is 2. The Morgan fingerprint density at radius 1 is 1.10 bits per heavy atom. The van der Waals surface area contributed by atoms with Crippen molar-refractivity contribution < 1.29 is 14.3 Å². The number of hydrogen-bond acceptors (Lipinski definition) is 6. The van der Waals surface area contributed by atoms with Crippen LogP contribution >= 0.6 is 50.5 Å². The molecule has 0 amide bonds. The summed E-state index contributed by atoms with van der Waals surface area (Å²) in [6.45, 7) is 4.04. The highest BCUT2D eigenvalue weighted by molar-refractivity contribution is 9.10. The third kappa shape index (κ3) is 5.95. The Morgan fingerprint density at radius 3 is 2.50 bits per heavy atom. The number of nitrogens with zero attached hydrogens (tertiary/aromatic N) is 2. The van der Waals surface area contributed by atoms with Crippen LogP contribution in [0.5, 0.6) is 5.75 Å². The van der Waals surface area contributed by atoms with Crippen LogP contribution in [0.25, 0.3) is 6.08 Å². The third-order valence-electron chi connectivity index (χ3n) is 6.29. The lowest BCUT2D eigenvalue weighted by atomic mass is 9.96. The Hall–Kier alpha value is -3.17. The summed E-state index contributed by atoms with van der Waals surface area (Å²) >= 11 is 16.9. The molecule has 0 radical (unpaired) electrons. The minimum Gasteiger partial charge on any atom is -0.489 e. The topological polar surface area (TPSA) is 69.9 Å².